The molecule has 0 atom stereocenters. The van der Waals surface area contributed by atoms with Gasteiger partial charge in [0.1, 0.15) is 0 Å². The lowest BCUT2D eigenvalue weighted by Crippen LogP contribution is -2.00. The standard InChI is InChI=1S/C15H11NO6S/c1-22-15(19)9-2-5-11(6-3-9)23-13-7-4-10(14(17)18)8-12(13)16(20)21/h2-8H,1H3,(H,17,18). The first-order valence-corrected chi connectivity index (χ1v) is 7.12. The van der Waals surface area contributed by atoms with Crippen molar-refractivity contribution in [3.63, 3.8) is 0 Å². The molecule has 0 aromatic heterocycles. The van der Waals surface area contributed by atoms with Gasteiger partial charge in [-0.3, -0.25) is 10.1 Å². The molecule has 2 rings (SSSR count). The number of hydrogen-bond acceptors (Lipinski definition) is 6. The Morgan fingerprint density at radius 3 is 2.26 bits per heavy atom. The van der Waals surface area contributed by atoms with Gasteiger partial charge in [0, 0.05) is 11.0 Å². The number of nitro groups is 1. The fourth-order valence-corrected chi connectivity index (χ4v) is 2.68. The SMILES string of the molecule is COC(=O)c1ccc(Sc2ccc(C(=O)O)cc2[N+](=O)[O-])cc1. The van der Waals surface area contributed by atoms with E-state index in [2.05, 4.69) is 4.74 Å². The van der Waals surface area contributed by atoms with E-state index < -0.39 is 16.9 Å². The highest BCUT2D eigenvalue weighted by molar-refractivity contribution is 7.99. The van der Waals surface area contributed by atoms with Crippen molar-refractivity contribution in [2.75, 3.05) is 7.11 Å². The van der Waals surface area contributed by atoms with Crippen molar-refractivity contribution in [3.8, 4) is 0 Å². The Morgan fingerprint density at radius 1 is 1.13 bits per heavy atom. The summed E-state index contributed by atoms with van der Waals surface area (Å²) in [7, 11) is 1.28. The summed E-state index contributed by atoms with van der Waals surface area (Å²) in [6.07, 6.45) is 0. The fourth-order valence-electron chi connectivity index (χ4n) is 1.78. The number of nitrogens with zero attached hydrogens (tertiary/aromatic N) is 1. The van der Waals surface area contributed by atoms with Gasteiger partial charge in [-0.15, -0.1) is 0 Å². The first-order valence-electron chi connectivity index (χ1n) is 6.30. The first-order chi connectivity index (χ1) is 10.9. The van der Waals surface area contributed by atoms with Gasteiger partial charge in [0.05, 0.1) is 28.1 Å². The predicted molar refractivity (Wildman–Crippen MR) is 82.0 cm³/mol. The van der Waals surface area contributed by atoms with Crippen molar-refractivity contribution in [1.29, 1.82) is 0 Å². The van der Waals surface area contributed by atoms with Crippen LogP contribution in [0.5, 0.6) is 0 Å². The van der Waals surface area contributed by atoms with Crippen LogP contribution in [0.25, 0.3) is 0 Å². The number of carboxylic acids is 1. The predicted octanol–water partition coefficient (Wildman–Crippen LogP) is 3.23. The lowest BCUT2D eigenvalue weighted by molar-refractivity contribution is -0.387. The summed E-state index contributed by atoms with van der Waals surface area (Å²) in [5.41, 5.74) is -0.0680. The number of carbonyl (C=O) groups is 2. The van der Waals surface area contributed by atoms with Crippen LogP contribution in [0.3, 0.4) is 0 Å². The number of rotatable bonds is 5. The number of nitro benzene ring substituents is 1. The van der Waals surface area contributed by atoms with Crippen molar-refractivity contribution < 1.29 is 24.4 Å². The molecule has 7 nitrogen and oxygen atoms in total. The fraction of sp³-hybridized carbons (Fsp3) is 0.0667. The zero-order chi connectivity index (χ0) is 17.0. The third-order valence-corrected chi connectivity index (χ3v) is 3.98. The molecule has 2 aromatic carbocycles. The molecule has 0 unspecified atom stereocenters. The minimum atomic E-state index is -1.23. The van der Waals surface area contributed by atoms with Crippen LogP contribution >= 0.6 is 11.8 Å². The molecule has 8 heteroatoms. The monoisotopic (exact) mass is 333 g/mol. The van der Waals surface area contributed by atoms with Crippen LogP contribution in [0.2, 0.25) is 0 Å². The normalized spacial score (nSPS) is 10.1. The van der Waals surface area contributed by atoms with Gasteiger partial charge < -0.3 is 9.84 Å². The van der Waals surface area contributed by atoms with Gasteiger partial charge in [-0.25, -0.2) is 9.59 Å². The molecule has 23 heavy (non-hydrogen) atoms. The molecule has 118 valence electrons. The summed E-state index contributed by atoms with van der Waals surface area (Å²) in [6, 6.07) is 10.1. The van der Waals surface area contributed by atoms with E-state index >= 15 is 0 Å². The number of ether oxygens (including phenoxy) is 1. The summed E-state index contributed by atoms with van der Waals surface area (Å²) >= 11 is 1.10. The molecule has 0 saturated carbocycles. The van der Waals surface area contributed by atoms with Crippen molar-refractivity contribution in [2.45, 2.75) is 9.79 Å². The minimum absolute atomic E-state index is 0.151. The maximum absolute atomic E-state index is 11.4. The summed E-state index contributed by atoms with van der Waals surface area (Å²) in [5.74, 6) is -1.70. The maximum Gasteiger partial charge on any atom is 0.337 e. The van der Waals surface area contributed by atoms with Crippen LogP contribution in [0.15, 0.2) is 52.3 Å². The number of carbonyl (C=O) groups excluding carboxylic acids is 1. The van der Waals surface area contributed by atoms with Gasteiger partial charge in [-0.1, -0.05) is 11.8 Å². The van der Waals surface area contributed by atoms with Crippen LogP contribution < -0.4 is 0 Å². The lowest BCUT2D eigenvalue weighted by Gasteiger charge is -2.05. The minimum Gasteiger partial charge on any atom is -0.478 e. The van der Waals surface area contributed by atoms with Crippen LogP contribution in [-0.2, 0) is 4.74 Å². The Labute approximate surface area is 135 Å². The lowest BCUT2D eigenvalue weighted by atomic mass is 10.2. The molecule has 0 amide bonds. The summed E-state index contributed by atoms with van der Waals surface area (Å²) in [6.45, 7) is 0. The van der Waals surface area contributed by atoms with Gasteiger partial charge in [0.15, 0.2) is 0 Å². The molecule has 0 fully saturated rings. The van der Waals surface area contributed by atoms with E-state index in [0.29, 0.717) is 15.4 Å². The van der Waals surface area contributed by atoms with Crippen LogP contribution in [0.4, 0.5) is 5.69 Å². The van der Waals surface area contributed by atoms with Gasteiger partial charge in [-0.2, -0.15) is 0 Å². The molecule has 0 aliphatic rings. The van der Waals surface area contributed by atoms with Gasteiger partial charge in [-0.05, 0) is 36.4 Å². The number of esters is 1. The highest BCUT2D eigenvalue weighted by Crippen LogP contribution is 2.35. The molecule has 0 aliphatic heterocycles. The zero-order valence-corrected chi connectivity index (χ0v) is 12.7. The smallest absolute Gasteiger partial charge is 0.337 e. The number of carboxylic acid groups (broad SMARTS) is 1. The van der Waals surface area contributed by atoms with Gasteiger partial charge in [0.25, 0.3) is 5.69 Å². The van der Waals surface area contributed by atoms with Gasteiger partial charge >= 0.3 is 11.9 Å². The number of aromatic carboxylic acids is 1. The molecule has 0 heterocycles. The molecule has 2 aromatic rings. The van der Waals surface area contributed by atoms with Crippen LogP contribution in [-0.4, -0.2) is 29.1 Å². The molecule has 0 bridgehead atoms. The summed E-state index contributed by atoms with van der Waals surface area (Å²) < 4.78 is 4.59. The number of hydrogen-bond donors (Lipinski definition) is 1. The van der Waals surface area contributed by atoms with E-state index in [9.17, 15) is 19.7 Å². The topological polar surface area (TPSA) is 107 Å². The molecule has 0 spiro atoms. The van der Waals surface area contributed by atoms with Crippen molar-refractivity contribution in [1.82, 2.24) is 0 Å². The average molecular weight is 333 g/mol. The van der Waals surface area contributed by atoms with Crippen LogP contribution in [0, 0.1) is 10.1 Å². The second-order valence-electron chi connectivity index (χ2n) is 4.36. The Morgan fingerprint density at radius 2 is 1.74 bits per heavy atom. The molecular weight excluding hydrogens is 322 g/mol. The van der Waals surface area contributed by atoms with Crippen LogP contribution in [0.1, 0.15) is 20.7 Å². The second-order valence-corrected chi connectivity index (χ2v) is 5.48. The van der Waals surface area contributed by atoms with E-state index in [1.54, 1.807) is 24.3 Å². The van der Waals surface area contributed by atoms with E-state index in [-0.39, 0.29) is 11.3 Å². The molecular formula is C15H11NO6S. The Kier molecular flexibility index (Phi) is 4.97. The highest BCUT2D eigenvalue weighted by Gasteiger charge is 2.18. The second kappa shape index (κ2) is 6.93. The third kappa shape index (κ3) is 3.86. The van der Waals surface area contributed by atoms with E-state index in [1.807, 2.05) is 0 Å². The Balaban J connectivity index is 2.30. The third-order valence-electron chi connectivity index (χ3n) is 2.91. The summed E-state index contributed by atoms with van der Waals surface area (Å²) in [4.78, 5) is 33.7. The number of methoxy groups -OCH3 is 1. The molecule has 0 radical (unpaired) electrons. The molecule has 0 aliphatic carbocycles. The van der Waals surface area contributed by atoms with E-state index in [4.69, 9.17) is 5.11 Å². The first kappa shape index (κ1) is 16.5. The summed E-state index contributed by atoms with van der Waals surface area (Å²) in [5, 5.41) is 20.0. The molecule has 1 N–H and O–H groups in total. The largest absolute Gasteiger partial charge is 0.478 e. The number of benzene rings is 2. The molecule has 0 saturated heterocycles. The zero-order valence-electron chi connectivity index (χ0n) is 11.9. The van der Waals surface area contributed by atoms with E-state index in [1.165, 1.54) is 19.2 Å². The average Bonchev–Trinajstić information content (AvgIpc) is 2.54. The Hall–Kier alpha value is -2.87. The van der Waals surface area contributed by atoms with Crippen molar-refractivity contribution >= 4 is 29.4 Å². The highest BCUT2D eigenvalue weighted by atomic mass is 32.2. The van der Waals surface area contributed by atoms with Crippen molar-refractivity contribution in [3.05, 3.63) is 63.7 Å². The Bertz CT molecular complexity index is 772. The quantitative estimate of drug-likeness (QED) is 0.508. The van der Waals surface area contributed by atoms with E-state index in [0.717, 1.165) is 17.8 Å². The van der Waals surface area contributed by atoms with Crippen molar-refractivity contribution in [2.24, 2.45) is 0 Å². The maximum atomic E-state index is 11.4. The van der Waals surface area contributed by atoms with Gasteiger partial charge in [0.2, 0.25) is 0 Å².